The highest BCUT2D eigenvalue weighted by atomic mass is 32.2. The van der Waals surface area contributed by atoms with E-state index in [1.165, 1.54) is 0 Å². The summed E-state index contributed by atoms with van der Waals surface area (Å²) in [5.41, 5.74) is 1.67. The van der Waals surface area contributed by atoms with Crippen LogP contribution < -0.4 is 10.0 Å². The molecule has 0 aliphatic carbocycles. The molecule has 2 N–H and O–H groups in total. The lowest BCUT2D eigenvalue weighted by atomic mass is 10.1. The van der Waals surface area contributed by atoms with Gasteiger partial charge in [-0.3, -0.25) is 9.52 Å². The largest absolute Gasteiger partial charge is 0.378 e. The van der Waals surface area contributed by atoms with Crippen LogP contribution in [0.15, 0.2) is 24.3 Å². The van der Waals surface area contributed by atoms with Crippen molar-refractivity contribution in [3.05, 3.63) is 29.8 Å². The maximum atomic E-state index is 11.8. The molecule has 0 spiro atoms. The summed E-state index contributed by atoms with van der Waals surface area (Å²) in [4.78, 5) is 11.8. The van der Waals surface area contributed by atoms with Crippen molar-refractivity contribution < 1.29 is 17.9 Å². The first-order chi connectivity index (χ1) is 11.4. The smallest absolute Gasteiger partial charge is 0.229 e. The van der Waals surface area contributed by atoms with Crippen molar-refractivity contribution >= 4 is 21.6 Å². The van der Waals surface area contributed by atoms with Crippen LogP contribution in [-0.4, -0.2) is 39.8 Å². The van der Waals surface area contributed by atoms with Crippen molar-refractivity contribution in [3.63, 3.8) is 0 Å². The summed E-state index contributed by atoms with van der Waals surface area (Å²) in [6.45, 7) is 1.40. The SMILES string of the molecule is CS(=O)(=O)Nc1ccc(CCCNC(=O)CC2CCCCO2)cc1. The molecule has 1 unspecified atom stereocenters. The van der Waals surface area contributed by atoms with E-state index in [4.69, 9.17) is 4.74 Å². The van der Waals surface area contributed by atoms with Gasteiger partial charge in [0.05, 0.1) is 18.8 Å². The normalized spacial score (nSPS) is 18.1. The van der Waals surface area contributed by atoms with Gasteiger partial charge in [-0.15, -0.1) is 0 Å². The molecule has 2 rings (SSSR count). The van der Waals surface area contributed by atoms with E-state index in [1.54, 1.807) is 12.1 Å². The Bertz CT molecular complexity index is 622. The topological polar surface area (TPSA) is 84.5 Å². The fourth-order valence-electron chi connectivity index (χ4n) is 2.72. The van der Waals surface area contributed by atoms with Crippen molar-refractivity contribution in [2.45, 2.75) is 44.6 Å². The van der Waals surface area contributed by atoms with Gasteiger partial charge < -0.3 is 10.1 Å². The number of hydrogen-bond acceptors (Lipinski definition) is 4. The minimum atomic E-state index is -3.24. The molecule has 24 heavy (non-hydrogen) atoms. The molecule has 1 fully saturated rings. The zero-order valence-corrected chi connectivity index (χ0v) is 14.9. The average molecular weight is 354 g/mol. The van der Waals surface area contributed by atoms with Crippen LogP contribution >= 0.6 is 0 Å². The fourth-order valence-corrected chi connectivity index (χ4v) is 3.29. The average Bonchev–Trinajstić information content (AvgIpc) is 2.53. The lowest BCUT2D eigenvalue weighted by molar-refractivity contribution is -0.124. The zero-order valence-electron chi connectivity index (χ0n) is 14.1. The second-order valence-electron chi connectivity index (χ2n) is 6.22. The third-order valence-corrected chi connectivity index (χ3v) is 4.52. The van der Waals surface area contributed by atoms with Gasteiger partial charge in [-0.1, -0.05) is 12.1 Å². The summed E-state index contributed by atoms with van der Waals surface area (Å²) in [5, 5.41) is 2.93. The molecule has 1 atom stereocenters. The number of hydrogen-bond donors (Lipinski definition) is 2. The Hall–Kier alpha value is -1.60. The summed E-state index contributed by atoms with van der Waals surface area (Å²) in [7, 11) is -3.24. The van der Waals surface area contributed by atoms with Crippen LogP contribution in [-0.2, 0) is 26.0 Å². The number of rotatable bonds is 8. The molecule has 134 valence electrons. The van der Waals surface area contributed by atoms with E-state index < -0.39 is 10.0 Å². The van der Waals surface area contributed by atoms with Gasteiger partial charge in [-0.25, -0.2) is 8.42 Å². The predicted octanol–water partition coefficient (Wildman–Crippen LogP) is 2.07. The minimum Gasteiger partial charge on any atom is -0.378 e. The molecule has 0 saturated carbocycles. The maximum Gasteiger partial charge on any atom is 0.229 e. The number of aryl methyl sites for hydroxylation is 1. The molecule has 1 amide bonds. The number of benzene rings is 1. The number of carbonyl (C=O) groups is 1. The van der Waals surface area contributed by atoms with Crippen LogP contribution in [0.5, 0.6) is 0 Å². The predicted molar refractivity (Wildman–Crippen MR) is 94.4 cm³/mol. The van der Waals surface area contributed by atoms with Crippen molar-refractivity contribution in [1.82, 2.24) is 5.32 Å². The Morgan fingerprint density at radius 3 is 2.62 bits per heavy atom. The number of amides is 1. The summed E-state index contributed by atoms with van der Waals surface area (Å²) in [5.74, 6) is 0.0506. The second-order valence-corrected chi connectivity index (χ2v) is 7.97. The number of nitrogens with one attached hydrogen (secondary N) is 2. The first kappa shape index (κ1) is 18.7. The van der Waals surface area contributed by atoms with Gasteiger partial charge in [0.25, 0.3) is 0 Å². The fraction of sp³-hybridized carbons (Fsp3) is 0.588. The molecule has 0 bridgehead atoms. The molecular formula is C17H26N2O4S. The Morgan fingerprint density at radius 2 is 2.00 bits per heavy atom. The summed E-state index contributed by atoms with van der Waals surface area (Å²) < 4.78 is 30.3. The third kappa shape index (κ3) is 7.31. The zero-order chi connectivity index (χ0) is 17.4. The van der Waals surface area contributed by atoms with Crippen molar-refractivity contribution in [1.29, 1.82) is 0 Å². The highest BCUT2D eigenvalue weighted by Gasteiger charge is 2.17. The highest BCUT2D eigenvalue weighted by Crippen LogP contribution is 2.15. The highest BCUT2D eigenvalue weighted by molar-refractivity contribution is 7.92. The van der Waals surface area contributed by atoms with Crippen molar-refractivity contribution in [3.8, 4) is 0 Å². The molecule has 1 aromatic carbocycles. The molecule has 1 heterocycles. The van der Waals surface area contributed by atoms with Crippen molar-refractivity contribution in [2.75, 3.05) is 24.1 Å². The Morgan fingerprint density at radius 1 is 1.25 bits per heavy atom. The quantitative estimate of drug-likeness (QED) is 0.700. The maximum absolute atomic E-state index is 11.8. The van der Waals surface area contributed by atoms with Gasteiger partial charge >= 0.3 is 0 Å². The van der Waals surface area contributed by atoms with E-state index in [0.29, 0.717) is 18.7 Å². The van der Waals surface area contributed by atoms with Gasteiger partial charge in [-0.05, 0) is 49.8 Å². The molecule has 0 aromatic heterocycles. The number of carbonyl (C=O) groups excluding carboxylic acids is 1. The number of sulfonamides is 1. The molecule has 1 aromatic rings. The molecule has 6 nitrogen and oxygen atoms in total. The first-order valence-corrected chi connectivity index (χ1v) is 10.3. The second kappa shape index (κ2) is 9.03. The van der Waals surface area contributed by atoms with Crippen LogP contribution in [0.3, 0.4) is 0 Å². The van der Waals surface area contributed by atoms with Gasteiger partial charge in [-0.2, -0.15) is 0 Å². The Balaban J connectivity index is 1.64. The van der Waals surface area contributed by atoms with Crippen LogP contribution in [0.25, 0.3) is 0 Å². The van der Waals surface area contributed by atoms with E-state index in [0.717, 1.165) is 50.5 Å². The molecule has 1 saturated heterocycles. The summed E-state index contributed by atoms with van der Waals surface area (Å²) in [6, 6.07) is 7.28. The van der Waals surface area contributed by atoms with Crippen LogP contribution in [0.4, 0.5) is 5.69 Å². The van der Waals surface area contributed by atoms with E-state index in [2.05, 4.69) is 10.0 Å². The molecule has 1 aliphatic heterocycles. The lowest BCUT2D eigenvalue weighted by Gasteiger charge is -2.21. The van der Waals surface area contributed by atoms with Crippen molar-refractivity contribution in [2.24, 2.45) is 0 Å². The number of anilines is 1. The van der Waals surface area contributed by atoms with Gasteiger partial charge in [0.15, 0.2) is 0 Å². The summed E-state index contributed by atoms with van der Waals surface area (Å²) >= 11 is 0. The third-order valence-electron chi connectivity index (χ3n) is 3.91. The van der Waals surface area contributed by atoms with Gasteiger partial charge in [0.2, 0.25) is 15.9 Å². The standard InChI is InChI=1S/C17H26N2O4S/c1-24(21,22)19-15-9-7-14(8-10-15)5-4-11-18-17(20)13-16-6-2-3-12-23-16/h7-10,16,19H,2-6,11-13H2,1H3,(H,18,20). The van der Waals surface area contributed by atoms with Gasteiger partial charge in [0, 0.05) is 18.8 Å². The first-order valence-electron chi connectivity index (χ1n) is 8.37. The lowest BCUT2D eigenvalue weighted by Crippen LogP contribution is -2.31. The molecule has 1 aliphatic rings. The van der Waals surface area contributed by atoms with E-state index in [1.807, 2.05) is 12.1 Å². The Kier molecular flexibility index (Phi) is 7.05. The molecular weight excluding hydrogens is 328 g/mol. The summed E-state index contributed by atoms with van der Waals surface area (Å²) in [6.07, 6.45) is 6.54. The minimum absolute atomic E-state index is 0.0506. The van der Waals surface area contributed by atoms with Crippen LogP contribution in [0.1, 0.15) is 37.7 Å². The monoisotopic (exact) mass is 354 g/mol. The van der Waals surface area contributed by atoms with E-state index in [-0.39, 0.29) is 12.0 Å². The van der Waals surface area contributed by atoms with Crippen LogP contribution in [0, 0.1) is 0 Å². The number of ether oxygens (including phenoxy) is 1. The molecule has 7 heteroatoms. The molecule has 0 radical (unpaired) electrons. The van der Waals surface area contributed by atoms with Crippen LogP contribution in [0.2, 0.25) is 0 Å². The van der Waals surface area contributed by atoms with Gasteiger partial charge in [0.1, 0.15) is 0 Å². The van der Waals surface area contributed by atoms with E-state index >= 15 is 0 Å². The Labute approximate surface area is 144 Å². The van der Waals surface area contributed by atoms with E-state index in [9.17, 15) is 13.2 Å².